The van der Waals surface area contributed by atoms with Crippen LogP contribution in [0.25, 0.3) is 28.4 Å². The summed E-state index contributed by atoms with van der Waals surface area (Å²) < 4.78 is 0. The number of rotatable bonds is 5. The Labute approximate surface area is 285 Å². The fourth-order valence-corrected chi connectivity index (χ4v) is 9.50. The maximum atomic E-state index is 4.38. The van der Waals surface area contributed by atoms with Crippen LogP contribution in [0.1, 0.15) is 86.5 Å². The highest BCUT2D eigenvalue weighted by molar-refractivity contribution is 5.88. The molecule has 6 aliphatic carbocycles. The molecule has 2 unspecified atom stereocenters. The summed E-state index contributed by atoms with van der Waals surface area (Å²) in [6.07, 6.45) is 39.6. The largest absolute Gasteiger partial charge is 0.264 e. The first kappa shape index (κ1) is 29.6. The fourth-order valence-electron chi connectivity index (χ4n) is 9.50. The third-order valence-corrected chi connectivity index (χ3v) is 11.9. The van der Waals surface area contributed by atoms with Crippen LogP contribution in [0.15, 0.2) is 132 Å². The molecule has 48 heavy (non-hydrogen) atoms. The number of pyridine rings is 1. The molecule has 1 heteroatoms. The highest BCUT2D eigenvalue weighted by atomic mass is 14.6. The molecule has 0 saturated heterocycles. The Morgan fingerprint density at radius 3 is 2.17 bits per heavy atom. The van der Waals surface area contributed by atoms with Gasteiger partial charge in [-0.05, 0) is 136 Å². The van der Waals surface area contributed by atoms with Crippen LogP contribution in [-0.2, 0) is 6.42 Å². The number of allylic oxidation sites excluding steroid dienone is 13. The van der Waals surface area contributed by atoms with Crippen LogP contribution >= 0.6 is 0 Å². The summed E-state index contributed by atoms with van der Waals surface area (Å²) in [5.41, 5.74) is 16.0. The summed E-state index contributed by atoms with van der Waals surface area (Å²) in [6, 6.07) is 20.7. The lowest BCUT2D eigenvalue weighted by molar-refractivity contribution is 0.394. The predicted molar refractivity (Wildman–Crippen MR) is 202 cm³/mol. The number of nitrogens with zero attached hydrogens (tertiary/aromatic N) is 1. The first-order valence-electron chi connectivity index (χ1n) is 18.5. The molecule has 1 aromatic heterocycles. The van der Waals surface area contributed by atoms with Crippen molar-refractivity contribution in [3.05, 3.63) is 165 Å². The quantitative estimate of drug-likeness (QED) is 0.276. The number of aromatic nitrogens is 1. The minimum atomic E-state index is 0.367. The molecule has 2 aromatic carbocycles. The van der Waals surface area contributed by atoms with Crippen molar-refractivity contribution in [3.63, 3.8) is 0 Å². The van der Waals surface area contributed by atoms with Gasteiger partial charge in [0.1, 0.15) is 0 Å². The molecule has 0 N–H and O–H groups in total. The van der Waals surface area contributed by atoms with Crippen LogP contribution in [0, 0.1) is 17.8 Å². The topological polar surface area (TPSA) is 12.9 Å². The van der Waals surface area contributed by atoms with Crippen LogP contribution in [0.4, 0.5) is 0 Å². The van der Waals surface area contributed by atoms with E-state index in [1.807, 2.05) is 18.5 Å². The van der Waals surface area contributed by atoms with Gasteiger partial charge < -0.3 is 0 Å². The number of benzene rings is 2. The van der Waals surface area contributed by atoms with E-state index in [1.165, 1.54) is 94.4 Å². The molecule has 3 aromatic rings. The summed E-state index contributed by atoms with van der Waals surface area (Å²) >= 11 is 0. The smallest absolute Gasteiger partial charge is 0.0343 e. The minimum Gasteiger partial charge on any atom is -0.264 e. The molecule has 0 amide bonds. The van der Waals surface area contributed by atoms with Crippen LogP contribution in [0.3, 0.4) is 0 Å². The van der Waals surface area contributed by atoms with Crippen LogP contribution in [-0.4, -0.2) is 4.98 Å². The minimum absolute atomic E-state index is 0.367. The number of hydrogen-bond donors (Lipinski definition) is 0. The van der Waals surface area contributed by atoms with Gasteiger partial charge in [-0.2, -0.15) is 0 Å². The maximum Gasteiger partial charge on any atom is 0.0343 e. The van der Waals surface area contributed by atoms with Crippen molar-refractivity contribution in [1.29, 1.82) is 0 Å². The zero-order valence-electron chi connectivity index (χ0n) is 28.0. The summed E-state index contributed by atoms with van der Waals surface area (Å²) in [4.78, 5) is 4.38. The summed E-state index contributed by atoms with van der Waals surface area (Å²) in [5.74, 6) is 1.57. The van der Waals surface area contributed by atoms with E-state index in [4.69, 9.17) is 0 Å². The molecule has 1 nitrogen and oxygen atoms in total. The molecule has 6 aliphatic rings. The molecule has 0 bridgehead atoms. The van der Waals surface area contributed by atoms with Crippen LogP contribution in [0.5, 0.6) is 0 Å². The van der Waals surface area contributed by atoms with Gasteiger partial charge in [0.15, 0.2) is 0 Å². The second kappa shape index (κ2) is 12.8. The van der Waals surface area contributed by atoms with Gasteiger partial charge in [0, 0.05) is 24.2 Å². The Bertz CT molecular complexity index is 2100. The van der Waals surface area contributed by atoms with E-state index < -0.39 is 0 Å². The van der Waals surface area contributed by atoms with Crippen molar-refractivity contribution < 1.29 is 0 Å². The molecular formula is C47H45N. The van der Waals surface area contributed by atoms with E-state index in [2.05, 4.69) is 108 Å². The molecule has 0 aliphatic heterocycles. The summed E-state index contributed by atoms with van der Waals surface area (Å²) in [5, 5.41) is 2.90. The molecule has 1 heterocycles. The maximum absolute atomic E-state index is 4.38. The lowest BCUT2D eigenvalue weighted by Gasteiger charge is -2.36. The second-order valence-electron chi connectivity index (χ2n) is 14.7. The Balaban J connectivity index is 1.13. The molecule has 238 valence electrons. The van der Waals surface area contributed by atoms with Gasteiger partial charge in [-0.3, -0.25) is 4.98 Å². The zero-order valence-corrected chi connectivity index (χ0v) is 28.0. The highest BCUT2D eigenvalue weighted by Crippen LogP contribution is 2.45. The first-order chi connectivity index (χ1) is 23.8. The Hall–Kier alpha value is -4.49. The predicted octanol–water partition coefficient (Wildman–Crippen LogP) is 10.3. The standard InChI is InChI=1S/C47H45N/c1-2-10-32(11-3-1)33-19-23-35(24-20-33)46-42-15-4-6-17-44(42)47(45-18-7-5-16-43(45)46)39-26-22-34-21-25-38(29-41(34)30-39)36-12-8-13-37(28-36)40-14-9-27-48-31-40/h4-7,9,12,14-19,21,23,25,27-32,42,44H,1-3,8,10-11,13,20,22,24,26H2. The Morgan fingerprint density at radius 2 is 1.42 bits per heavy atom. The normalized spacial score (nSPS) is 23.6. The van der Waals surface area contributed by atoms with E-state index in [0.717, 1.165) is 31.6 Å². The third-order valence-electron chi connectivity index (χ3n) is 11.9. The van der Waals surface area contributed by atoms with E-state index in [1.54, 1.807) is 22.3 Å². The number of hydrogen-bond acceptors (Lipinski definition) is 1. The first-order valence-corrected chi connectivity index (χ1v) is 18.5. The summed E-state index contributed by atoms with van der Waals surface area (Å²) in [7, 11) is 0. The lowest BCUT2D eigenvalue weighted by Crippen LogP contribution is -2.40. The van der Waals surface area contributed by atoms with Crippen molar-refractivity contribution in [1.82, 2.24) is 4.98 Å². The zero-order chi connectivity index (χ0) is 31.9. The molecule has 1 fully saturated rings. The van der Waals surface area contributed by atoms with Crippen molar-refractivity contribution in [3.8, 4) is 0 Å². The molecular weight excluding hydrogens is 579 g/mol. The molecule has 0 radical (unpaired) electrons. The summed E-state index contributed by atoms with van der Waals surface area (Å²) in [6.45, 7) is 0. The number of fused-ring (bicyclic) bond motifs is 3. The SMILES string of the molecule is C1=CC2C(C3=CC=C(C4CCCCC4)CC3)=c3ccccc3=C(C3=Cc4cc(C5=CCCC(c6cccnc6)=C5)ccc4CC3)C2C=C1. The van der Waals surface area contributed by atoms with Crippen molar-refractivity contribution in [2.45, 2.75) is 70.6 Å². The van der Waals surface area contributed by atoms with E-state index in [9.17, 15) is 0 Å². The van der Waals surface area contributed by atoms with Gasteiger partial charge in [-0.1, -0.05) is 122 Å². The van der Waals surface area contributed by atoms with Crippen molar-refractivity contribution >= 4 is 28.4 Å². The average Bonchev–Trinajstić information content (AvgIpc) is 3.17. The Kier molecular flexibility index (Phi) is 7.93. The van der Waals surface area contributed by atoms with Crippen LogP contribution < -0.4 is 10.4 Å². The van der Waals surface area contributed by atoms with E-state index in [-0.39, 0.29) is 0 Å². The van der Waals surface area contributed by atoms with Gasteiger partial charge in [-0.25, -0.2) is 0 Å². The third kappa shape index (κ3) is 5.48. The van der Waals surface area contributed by atoms with Gasteiger partial charge in [0.25, 0.3) is 0 Å². The van der Waals surface area contributed by atoms with Crippen molar-refractivity contribution in [2.75, 3.05) is 0 Å². The van der Waals surface area contributed by atoms with Gasteiger partial charge in [0.05, 0.1) is 0 Å². The molecule has 1 saturated carbocycles. The van der Waals surface area contributed by atoms with Gasteiger partial charge in [-0.15, -0.1) is 0 Å². The Morgan fingerprint density at radius 1 is 0.625 bits per heavy atom. The number of aryl methyl sites for hydroxylation is 1. The monoisotopic (exact) mass is 623 g/mol. The fraction of sp³-hybridized carbons (Fsp3) is 0.298. The second-order valence-corrected chi connectivity index (χ2v) is 14.7. The molecule has 2 atom stereocenters. The van der Waals surface area contributed by atoms with Crippen LogP contribution in [0.2, 0.25) is 0 Å². The molecule has 9 rings (SSSR count). The van der Waals surface area contributed by atoms with Gasteiger partial charge in [0.2, 0.25) is 0 Å². The average molecular weight is 624 g/mol. The highest BCUT2D eigenvalue weighted by Gasteiger charge is 2.34. The molecule has 0 spiro atoms. The lowest BCUT2D eigenvalue weighted by atomic mass is 9.67. The van der Waals surface area contributed by atoms with E-state index >= 15 is 0 Å². The van der Waals surface area contributed by atoms with E-state index in [0.29, 0.717) is 11.8 Å². The van der Waals surface area contributed by atoms with Crippen molar-refractivity contribution in [2.24, 2.45) is 17.8 Å². The van der Waals surface area contributed by atoms with Gasteiger partial charge >= 0.3 is 0 Å².